The molecule has 0 amide bonds. The molecule has 170 valence electrons. The molecular formula is C29H31NO3. The van der Waals surface area contributed by atoms with Gasteiger partial charge in [-0.05, 0) is 78.6 Å². The van der Waals surface area contributed by atoms with E-state index in [4.69, 9.17) is 14.3 Å². The number of fused-ring (bicyclic) bond motifs is 1. The first kappa shape index (κ1) is 14.8. The lowest BCUT2D eigenvalue weighted by Crippen LogP contribution is -2.47. The summed E-state index contributed by atoms with van der Waals surface area (Å²) >= 11 is 0. The minimum Gasteiger partial charge on any atom is -0.508 e. The summed E-state index contributed by atoms with van der Waals surface area (Å²) in [4.78, 5) is 2.06. The van der Waals surface area contributed by atoms with Gasteiger partial charge >= 0.3 is 0 Å². The number of hydrogen-bond donors (Lipinski definition) is 2. The molecule has 1 atom stereocenters. The van der Waals surface area contributed by atoms with Crippen molar-refractivity contribution in [2.75, 3.05) is 19.6 Å². The van der Waals surface area contributed by atoms with Crippen LogP contribution in [-0.4, -0.2) is 34.7 Å². The first-order chi connectivity index (χ1) is 18.8. The third-order valence-electron chi connectivity index (χ3n) is 6.18. The van der Waals surface area contributed by atoms with Crippen LogP contribution in [0.5, 0.6) is 17.2 Å². The van der Waals surface area contributed by atoms with Gasteiger partial charge in [-0.3, -0.25) is 0 Å². The van der Waals surface area contributed by atoms with Gasteiger partial charge in [0.15, 0.2) is 0 Å². The maximum Gasteiger partial charge on any atom is 0.150 e. The molecule has 0 spiro atoms. The minimum absolute atomic E-state index is 0.0405. The summed E-state index contributed by atoms with van der Waals surface area (Å²) < 4.78 is 63.7. The van der Waals surface area contributed by atoms with Gasteiger partial charge in [-0.2, -0.15) is 0 Å². The van der Waals surface area contributed by atoms with Gasteiger partial charge in [-0.25, -0.2) is 0 Å². The third-order valence-corrected chi connectivity index (χ3v) is 6.18. The Morgan fingerprint density at radius 2 is 1.76 bits per heavy atom. The maximum absolute atomic E-state index is 10.1. The number of aromatic hydroxyl groups is 2. The van der Waals surface area contributed by atoms with Crippen molar-refractivity contribution in [2.24, 2.45) is 5.92 Å². The van der Waals surface area contributed by atoms with Crippen molar-refractivity contribution in [3.05, 3.63) is 89.0 Å². The van der Waals surface area contributed by atoms with Crippen molar-refractivity contribution in [2.45, 2.75) is 32.6 Å². The van der Waals surface area contributed by atoms with Crippen LogP contribution in [0.25, 0.3) is 11.1 Å². The zero-order chi connectivity index (χ0) is 28.8. The third kappa shape index (κ3) is 4.36. The summed E-state index contributed by atoms with van der Waals surface area (Å²) in [6.07, 6.45) is -2.03. The van der Waals surface area contributed by atoms with Crippen molar-refractivity contribution in [3.63, 3.8) is 0 Å². The molecule has 2 heterocycles. The van der Waals surface area contributed by atoms with Crippen LogP contribution in [0.2, 0.25) is 0 Å². The molecule has 0 saturated carbocycles. The summed E-state index contributed by atoms with van der Waals surface area (Å²) in [7, 11) is 0. The van der Waals surface area contributed by atoms with E-state index >= 15 is 0 Å². The number of benzene rings is 3. The molecule has 4 heteroatoms. The van der Waals surface area contributed by atoms with Crippen molar-refractivity contribution in [1.29, 1.82) is 0 Å². The van der Waals surface area contributed by atoms with Gasteiger partial charge in [-0.1, -0.05) is 43.3 Å². The molecule has 1 unspecified atom stereocenters. The van der Waals surface area contributed by atoms with E-state index in [2.05, 4.69) is 4.90 Å². The molecule has 1 fully saturated rings. The Morgan fingerprint density at radius 1 is 1.00 bits per heavy atom. The lowest BCUT2D eigenvalue weighted by molar-refractivity contribution is 0.101. The van der Waals surface area contributed by atoms with E-state index in [0.717, 1.165) is 0 Å². The second-order valence-corrected chi connectivity index (χ2v) is 8.53. The molecule has 0 bridgehead atoms. The van der Waals surface area contributed by atoms with Gasteiger partial charge < -0.3 is 19.8 Å². The SMILES string of the molecule is [2H]C([2H])CCN1CC(C([2H])([2H])c2ccc(C3Oc4cc(O)ccc4C(C([2H])([2H])[2H])=C3c3ccc(O)cc3)cc2)C1. The fourth-order valence-electron chi connectivity index (χ4n) is 4.46. The lowest BCUT2D eigenvalue weighted by Gasteiger charge is -2.39. The number of allylic oxidation sites excluding steroid dienone is 1. The van der Waals surface area contributed by atoms with Crippen LogP contribution in [-0.2, 0) is 6.37 Å². The molecule has 2 aliphatic heterocycles. The summed E-state index contributed by atoms with van der Waals surface area (Å²) in [6, 6.07) is 17.5. The van der Waals surface area contributed by atoms with Crippen LogP contribution in [0.4, 0.5) is 0 Å². The zero-order valence-corrected chi connectivity index (χ0v) is 18.2. The van der Waals surface area contributed by atoms with Crippen molar-refractivity contribution in [1.82, 2.24) is 4.90 Å². The number of nitrogens with zero attached hydrogens (tertiary/aromatic N) is 1. The lowest BCUT2D eigenvalue weighted by atomic mass is 9.85. The Hall–Kier alpha value is -3.24. The van der Waals surface area contributed by atoms with Crippen LogP contribution in [0.3, 0.4) is 0 Å². The van der Waals surface area contributed by atoms with Crippen LogP contribution in [0.1, 0.15) is 58.1 Å². The summed E-state index contributed by atoms with van der Waals surface area (Å²) in [5, 5.41) is 20.0. The molecule has 3 aromatic carbocycles. The molecule has 4 nitrogen and oxygen atoms in total. The predicted octanol–water partition coefficient (Wildman–Crippen LogP) is 6.05. The highest BCUT2D eigenvalue weighted by Crippen LogP contribution is 2.47. The van der Waals surface area contributed by atoms with E-state index < -0.39 is 26.2 Å². The topological polar surface area (TPSA) is 52.9 Å². The molecule has 0 radical (unpaired) electrons. The first-order valence-electron chi connectivity index (χ1n) is 14.7. The predicted molar refractivity (Wildman–Crippen MR) is 132 cm³/mol. The number of likely N-dealkylation sites (tertiary alicyclic amines) is 1. The van der Waals surface area contributed by atoms with E-state index in [9.17, 15) is 10.2 Å². The fourth-order valence-corrected chi connectivity index (χ4v) is 4.46. The van der Waals surface area contributed by atoms with Gasteiger partial charge in [0.25, 0.3) is 0 Å². The second-order valence-electron chi connectivity index (χ2n) is 8.53. The average molecular weight is 449 g/mol. The van der Waals surface area contributed by atoms with Crippen molar-refractivity contribution < 1.29 is 24.5 Å². The summed E-state index contributed by atoms with van der Waals surface area (Å²) in [5.74, 6) is -0.00727. The van der Waals surface area contributed by atoms with Crippen molar-refractivity contribution in [3.8, 4) is 17.2 Å². The molecule has 3 aromatic rings. The standard InChI is InChI=1S/C29H31NO3/c1-3-14-30-17-21(18-30)15-20-4-6-23(7-5-20)29-28(22-8-10-24(31)11-9-22)19(2)26-13-12-25(32)16-27(26)33-29/h4-13,16,21,29,31-32H,3,14-15,17-18H2,1-2H3/i1D2,2D3,15D2. The van der Waals surface area contributed by atoms with Gasteiger partial charge in [0, 0.05) is 39.9 Å². The number of phenols is 2. The molecule has 0 aliphatic carbocycles. The Balaban J connectivity index is 1.51. The molecule has 2 N–H and O–H groups in total. The molecule has 2 aliphatic rings. The quantitative estimate of drug-likeness (QED) is 0.482. The first-order valence-corrected chi connectivity index (χ1v) is 11.1. The van der Waals surface area contributed by atoms with Crippen LogP contribution < -0.4 is 4.74 Å². The normalized spacial score (nSPS) is 22.6. The van der Waals surface area contributed by atoms with E-state index in [-0.39, 0.29) is 28.7 Å². The fraction of sp³-hybridized carbons (Fsp3) is 0.310. The Kier molecular flexibility index (Phi) is 4.02. The Bertz CT molecular complexity index is 1400. The minimum atomic E-state index is -2.52. The van der Waals surface area contributed by atoms with Gasteiger partial charge in [-0.15, -0.1) is 0 Å². The van der Waals surface area contributed by atoms with Gasteiger partial charge in [0.1, 0.15) is 23.4 Å². The van der Waals surface area contributed by atoms with Crippen molar-refractivity contribution >= 4 is 11.1 Å². The summed E-state index contributed by atoms with van der Waals surface area (Å²) in [5.41, 5.74) is 2.52. The van der Waals surface area contributed by atoms with Gasteiger partial charge in [0.05, 0.1) is 0 Å². The highest BCUT2D eigenvalue weighted by Gasteiger charge is 2.30. The second kappa shape index (κ2) is 8.95. The molecular weight excluding hydrogens is 410 g/mol. The van der Waals surface area contributed by atoms with E-state index in [0.29, 0.717) is 53.9 Å². The summed E-state index contributed by atoms with van der Waals surface area (Å²) in [6.45, 7) is -1.68. The van der Waals surface area contributed by atoms with E-state index in [1.807, 2.05) is 0 Å². The van der Waals surface area contributed by atoms with Crippen LogP contribution >= 0.6 is 0 Å². The highest BCUT2D eigenvalue weighted by atomic mass is 16.5. The van der Waals surface area contributed by atoms with Crippen LogP contribution in [0.15, 0.2) is 66.7 Å². The monoisotopic (exact) mass is 448 g/mol. The van der Waals surface area contributed by atoms with E-state index in [1.165, 1.54) is 30.3 Å². The molecule has 5 rings (SSSR count). The maximum atomic E-state index is 10.1. The Labute approximate surface area is 205 Å². The number of phenolic OH excluding ortho intramolecular Hbond substituents is 2. The largest absolute Gasteiger partial charge is 0.508 e. The van der Waals surface area contributed by atoms with E-state index in [1.54, 1.807) is 36.4 Å². The molecule has 0 aromatic heterocycles. The average Bonchev–Trinajstić information content (AvgIpc) is 2.86. The number of rotatable bonds is 6. The highest BCUT2D eigenvalue weighted by molar-refractivity contribution is 5.95. The van der Waals surface area contributed by atoms with Gasteiger partial charge in [0.2, 0.25) is 0 Å². The zero-order valence-electron chi connectivity index (χ0n) is 25.2. The number of hydrogen-bond acceptors (Lipinski definition) is 4. The smallest absolute Gasteiger partial charge is 0.150 e. The Morgan fingerprint density at radius 3 is 2.48 bits per heavy atom. The number of ether oxygens (including phenoxy) is 1. The molecule has 1 saturated heterocycles. The molecule has 33 heavy (non-hydrogen) atoms. The van der Waals surface area contributed by atoms with Crippen LogP contribution in [0, 0.1) is 5.92 Å².